The molecule has 169 valence electrons. The molecule has 1 unspecified atom stereocenters. The van der Waals surface area contributed by atoms with Crippen LogP contribution < -0.4 is 0 Å². The fraction of sp³-hybridized carbons (Fsp3) is 0.964. The van der Waals surface area contributed by atoms with Crippen LogP contribution in [0, 0.1) is 18.3 Å². The maximum Gasteiger partial charge on any atom is -0.0326 e. The Morgan fingerprint density at radius 3 is 1.14 bits per heavy atom. The van der Waals surface area contributed by atoms with Crippen molar-refractivity contribution in [2.75, 3.05) is 0 Å². The lowest BCUT2D eigenvalue weighted by atomic mass is 9.85. The van der Waals surface area contributed by atoms with Crippen molar-refractivity contribution < 1.29 is 0 Å². The van der Waals surface area contributed by atoms with Gasteiger partial charge in [0.1, 0.15) is 0 Å². The average Bonchev–Trinajstić information content (AvgIpc) is 2.69. The Labute approximate surface area is 181 Å². The monoisotopic (exact) mass is 393 g/mol. The van der Waals surface area contributed by atoms with Crippen LogP contribution in [0.25, 0.3) is 0 Å². The van der Waals surface area contributed by atoms with Gasteiger partial charge in [-0.15, -0.1) is 0 Å². The topological polar surface area (TPSA) is 0 Å². The molecule has 1 radical (unpaired) electrons. The van der Waals surface area contributed by atoms with Gasteiger partial charge in [0.15, 0.2) is 0 Å². The number of rotatable bonds is 23. The number of unbranched alkanes of at least 4 members (excludes halogenated alkanes) is 15. The van der Waals surface area contributed by atoms with Gasteiger partial charge >= 0.3 is 0 Å². The molecule has 0 fully saturated rings. The maximum absolute atomic E-state index is 2.77. The fourth-order valence-electron chi connectivity index (χ4n) is 4.52. The molecule has 0 aliphatic carbocycles. The Morgan fingerprint density at radius 2 is 0.750 bits per heavy atom. The average molecular weight is 394 g/mol. The predicted octanol–water partition coefficient (Wildman–Crippen LogP) is 10.7. The largest absolute Gasteiger partial charge is 0.0654 e. The molecule has 0 aromatic rings. The summed E-state index contributed by atoms with van der Waals surface area (Å²) < 4.78 is 0. The third-order valence-corrected chi connectivity index (χ3v) is 6.47. The van der Waals surface area contributed by atoms with Crippen molar-refractivity contribution in [3.8, 4) is 0 Å². The zero-order chi connectivity index (χ0) is 20.7. The second-order valence-corrected chi connectivity index (χ2v) is 9.60. The highest BCUT2D eigenvalue weighted by Gasteiger charge is 2.13. The lowest BCUT2D eigenvalue weighted by Crippen LogP contribution is -2.09. The van der Waals surface area contributed by atoms with E-state index in [2.05, 4.69) is 34.1 Å². The zero-order valence-electron chi connectivity index (χ0n) is 20.6. The molecule has 0 saturated carbocycles. The summed E-state index contributed by atoms with van der Waals surface area (Å²) in [6.07, 6.45) is 33.0. The van der Waals surface area contributed by atoms with Gasteiger partial charge in [0, 0.05) is 0 Å². The summed E-state index contributed by atoms with van der Waals surface area (Å²) in [7, 11) is 0. The molecule has 0 heterocycles. The third-order valence-electron chi connectivity index (χ3n) is 6.47. The van der Waals surface area contributed by atoms with Crippen LogP contribution in [0.1, 0.15) is 163 Å². The van der Waals surface area contributed by atoms with Crippen molar-refractivity contribution in [1.82, 2.24) is 0 Å². The highest BCUT2D eigenvalue weighted by Crippen LogP contribution is 2.27. The summed E-state index contributed by atoms with van der Waals surface area (Å²) in [6, 6.07) is 0. The Balaban J connectivity index is 3.97. The molecular weight excluding hydrogens is 336 g/mol. The van der Waals surface area contributed by atoms with Crippen molar-refractivity contribution >= 4 is 0 Å². The van der Waals surface area contributed by atoms with Gasteiger partial charge in [-0.2, -0.15) is 0 Å². The number of hydrogen-bond donors (Lipinski definition) is 0. The van der Waals surface area contributed by atoms with E-state index in [1.165, 1.54) is 135 Å². The van der Waals surface area contributed by atoms with Crippen molar-refractivity contribution in [2.45, 2.75) is 163 Å². The van der Waals surface area contributed by atoms with E-state index in [1.807, 2.05) is 0 Å². The molecule has 0 aliphatic heterocycles. The van der Waals surface area contributed by atoms with Crippen LogP contribution in [0.15, 0.2) is 0 Å². The van der Waals surface area contributed by atoms with Crippen molar-refractivity contribution in [3.05, 3.63) is 6.42 Å². The second kappa shape index (κ2) is 23.3. The van der Waals surface area contributed by atoms with Gasteiger partial charge in [-0.05, 0) is 18.3 Å². The predicted molar refractivity (Wildman–Crippen MR) is 131 cm³/mol. The van der Waals surface area contributed by atoms with Crippen LogP contribution in [-0.4, -0.2) is 0 Å². The molecule has 28 heavy (non-hydrogen) atoms. The molecule has 0 heteroatoms. The third kappa shape index (κ3) is 20.7. The molecule has 1 atom stereocenters. The van der Waals surface area contributed by atoms with Crippen LogP contribution in [0.2, 0.25) is 0 Å². The van der Waals surface area contributed by atoms with Crippen LogP contribution in [0.3, 0.4) is 0 Å². The molecule has 0 nitrogen and oxygen atoms in total. The summed E-state index contributed by atoms with van der Waals surface area (Å²) in [5, 5.41) is 0. The van der Waals surface area contributed by atoms with E-state index in [0.29, 0.717) is 0 Å². The smallest absolute Gasteiger partial charge is 0.0326 e. The first-order valence-corrected chi connectivity index (χ1v) is 13.6. The minimum Gasteiger partial charge on any atom is -0.0654 e. The molecule has 0 spiro atoms. The molecule has 0 N–H and O–H groups in total. The molecule has 0 aromatic heterocycles. The fourth-order valence-corrected chi connectivity index (χ4v) is 4.52. The zero-order valence-corrected chi connectivity index (χ0v) is 20.6. The Hall–Kier alpha value is 0. The lowest BCUT2D eigenvalue weighted by Gasteiger charge is -2.21. The Kier molecular flexibility index (Phi) is 23.3. The van der Waals surface area contributed by atoms with Crippen LogP contribution in [0.4, 0.5) is 0 Å². The molecule has 0 aliphatic rings. The summed E-state index contributed by atoms with van der Waals surface area (Å²) in [6.45, 7) is 9.43. The molecule has 0 aromatic carbocycles. The molecule has 0 amide bonds. The van der Waals surface area contributed by atoms with E-state index < -0.39 is 0 Å². The van der Waals surface area contributed by atoms with Crippen molar-refractivity contribution in [1.29, 1.82) is 0 Å². The summed E-state index contributed by atoms with van der Waals surface area (Å²) in [5.41, 5.74) is 0. The van der Waals surface area contributed by atoms with Gasteiger partial charge in [0.2, 0.25) is 0 Å². The Bertz CT molecular complexity index is 253. The quantitative estimate of drug-likeness (QED) is 0.151. The molecular formula is C28H57. The van der Waals surface area contributed by atoms with E-state index in [9.17, 15) is 0 Å². The van der Waals surface area contributed by atoms with Crippen molar-refractivity contribution in [2.24, 2.45) is 11.8 Å². The van der Waals surface area contributed by atoms with E-state index in [-0.39, 0.29) is 0 Å². The van der Waals surface area contributed by atoms with Gasteiger partial charge in [0.25, 0.3) is 0 Å². The molecule has 0 saturated heterocycles. The summed E-state index contributed by atoms with van der Waals surface area (Å²) in [5.74, 6) is 1.73. The van der Waals surface area contributed by atoms with E-state index >= 15 is 0 Å². The number of hydrogen-bond acceptors (Lipinski definition) is 0. The molecule has 0 rings (SSSR count). The summed E-state index contributed by atoms with van der Waals surface area (Å²) >= 11 is 0. The van der Waals surface area contributed by atoms with E-state index in [1.54, 1.807) is 0 Å². The van der Waals surface area contributed by atoms with Gasteiger partial charge in [-0.1, -0.05) is 163 Å². The highest BCUT2D eigenvalue weighted by atomic mass is 14.2. The van der Waals surface area contributed by atoms with Gasteiger partial charge in [-0.25, -0.2) is 0 Å². The first kappa shape index (κ1) is 28.0. The minimum atomic E-state index is 0.830. The SMILES string of the molecule is CCCCCCCCC(C)[CH]C(CCCCCCCC)CCCCCCCC. The van der Waals surface area contributed by atoms with Gasteiger partial charge < -0.3 is 0 Å². The standard InChI is InChI=1S/C28H57/c1-5-8-11-14-17-20-23-27(4)26-28(24-21-18-15-12-9-6-2)25-22-19-16-13-10-7-3/h26-28H,5-25H2,1-4H3. The Morgan fingerprint density at radius 1 is 0.429 bits per heavy atom. The van der Waals surface area contributed by atoms with Crippen LogP contribution >= 0.6 is 0 Å². The second-order valence-electron chi connectivity index (χ2n) is 9.60. The van der Waals surface area contributed by atoms with E-state index in [0.717, 1.165) is 11.8 Å². The highest BCUT2D eigenvalue weighted by molar-refractivity contribution is 4.81. The van der Waals surface area contributed by atoms with Crippen molar-refractivity contribution in [3.63, 3.8) is 0 Å². The van der Waals surface area contributed by atoms with Gasteiger partial charge in [0.05, 0.1) is 0 Å². The maximum atomic E-state index is 2.77. The minimum absolute atomic E-state index is 0.830. The van der Waals surface area contributed by atoms with Gasteiger partial charge in [-0.3, -0.25) is 0 Å². The summed E-state index contributed by atoms with van der Waals surface area (Å²) in [4.78, 5) is 0. The van der Waals surface area contributed by atoms with Crippen LogP contribution in [0.5, 0.6) is 0 Å². The normalized spacial score (nSPS) is 12.8. The van der Waals surface area contributed by atoms with Crippen LogP contribution in [-0.2, 0) is 0 Å². The first-order valence-electron chi connectivity index (χ1n) is 13.6. The first-order chi connectivity index (χ1) is 13.7. The van der Waals surface area contributed by atoms with E-state index in [4.69, 9.17) is 0 Å². The molecule has 0 bridgehead atoms. The lowest BCUT2D eigenvalue weighted by molar-refractivity contribution is 0.396.